The molecule has 1 aliphatic heterocycles. The molecule has 1 saturated heterocycles. The van der Waals surface area contributed by atoms with Crippen LogP contribution in [0.4, 0.5) is 5.82 Å². The Kier molecular flexibility index (Phi) is 2.82. The minimum atomic E-state index is -0.157. The van der Waals surface area contributed by atoms with Crippen LogP contribution < -0.4 is 11.1 Å². The summed E-state index contributed by atoms with van der Waals surface area (Å²) < 4.78 is 7.37. The number of morpholine rings is 1. The van der Waals surface area contributed by atoms with Gasteiger partial charge < -0.3 is 15.6 Å². The molecule has 96 valence electrons. The van der Waals surface area contributed by atoms with E-state index < -0.39 is 0 Å². The Balaban J connectivity index is 1.89. The molecule has 0 aromatic carbocycles. The molecule has 8 nitrogen and oxygen atoms in total. The number of fused-ring (bicyclic) bond motifs is 1. The average molecular weight is 250 g/mol. The molecule has 1 fully saturated rings. The van der Waals surface area contributed by atoms with Crippen LogP contribution in [0.1, 0.15) is 6.17 Å². The van der Waals surface area contributed by atoms with Crippen molar-refractivity contribution in [2.24, 2.45) is 0 Å². The number of hydrogen-bond acceptors (Lipinski definition) is 7. The van der Waals surface area contributed by atoms with E-state index in [0.717, 1.165) is 0 Å². The van der Waals surface area contributed by atoms with E-state index in [0.29, 0.717) is 30.1 Å². The van der Waals surface area contributed by atoms with Crippen molar-refractivity contribution in [1.82, 2.24) is 24.8 Å². The highest BCUT2D eigenvalue weighted by atomic mass is 16.5. The van der Waals surface area contributed by atoms with Crippen molar-refractivity contribution in [3.8, 4) is 0 Å². The molecule has 18 heavy (non-hydrogen) atoms. The van der Waals surface area contributed by atoms with Crippen LogP contribution in [0.3, 0.4) is 0 Å². The van der Waals surface area contributed by atoms with Gasteiger partial charge >= 0.3 is 0 Å². The predicted octanol–water partition coefficient (Wildman–Crippen LogP) is -1.11. The number of imidazole rings is 1. The first-order valence-electron chi connectivity index (χ1n) is 5.68. The molecular weight excluding hydrogens is 236 g/mol. The second-order valence-corrected chi connectivity index (χ2v) is 4.14. The van der Waals surface area contributed by atoms with Gasteiger partial charge in [0.15, 0.2) is 11.5 Å². The van der Waals surface area contributed by atoms with Gasteiger partial charge in [-0.05, 0) is 0 Å². The maximum Gasteiger partial charge on any atom is 0.166 e. The number of aliphatic hydroxyl groups is 1. The van der Waals surface area contributed by atoms with Crippen LogP contribution in [-0.2, 0) is 4.74 Å². The van der Waals surface area contributed by atoms with Crippen molar-refractivity contribution in [2.75, 3.05) is 25.5 Å². The van der Waals surface area contributed by atoms with Crippen molar-refractivity contribution in [1.29, 1.82) is 0 Å². The molecule has 1 unspecified atom stereocenters. The lowest BCUT2D eigenvalue weighted by atomic mass is 10.3. The Morgan fingerprint density at radius 2 is 2.39 bits per heavy atom. The predicted molar refractivity (Wildman–Crippen MR) is 63.6 cm³/mol. The molecule has 3 heterocycles. The van der Waals surface area contributed by atoms with E-state index in [1.54, 1.807) is 6.33 Å². The topological polar surface area (TPSA) is 111 Å². The highest BCUT2D eigenvalue weighted by molar-refractivity contribution is 5.81. The van der Waals surface area contributed by atoms with Crippen molar-refractivity contribution in [3.63, 3.8) is 0 Å². The second kappa shape index (κ2) is 4.48. The third-order valence-electron chi connectivity index (χ3n) is 3.00. The number of rotatable bonds is 2. The standard InChI is InChI=1S/C10H14N6O2/c11-9-8-10(14-4-13-9)16(5-15-8)7-3-18-6(2-17)1-12-7/h4-7,12,17H,1-3H2,(H2,11,13,14)/t6-,7?/m0/s1. The third kappa shape index (κ3) is 1.80. The first-order chi connectivity index (χ1) is 8.79. The van der Waals surface area contributed by atoms with Crippen LogP contribution in [0.2, 0.25) is 0 Å². The minimum absolute atomic E-state index is 0.0134. The maximum absolute atomic E-state index is 8.99. The minimum Gasteiger partial charge on any atom is -0.394 e. The maximum atomic E-state index is 8.99. The number of nitrogens with one attached hydrogen (secondary N) is 1. The molecule has 3 rings (SSSR count). The second-order valence-electron chi connectivity index (χ2n) is 4.14. The largest absolute Gasteiger partial charge is 0.394 e. The van der Waals surface area contributed by atoms with E-state index in [4.69, 9.17) is 15.6 Å². The Labute approximate surface area is 103 Å². The zero-order valence-corrected chi connectivity index (χ0v) is 9.65. The van der Waals surface area contributed by atoms with E-state index in [9.17, 15) is 0 Å². The van der Waals surface area contributed by atoms with Crippen molar-refractivity contribution in [3.05, 3.63) is 12.7 Å². The number of nitrogens with zero attached hydrogens (tertiary/aromatic N) is 4. The number of nitrogens with two attached hydrogens (primary N) is 1. The van der Waals surface area contributed by atoms with Gasteiger partial charge in [0.2, 0.25) is 0 Å². The summed E-state index contributed by atoms with van der Waals surface area (Å²) in [5, 5.41) is 12.3. The number of ether oxygens (including phenoxy) is 1. The Morgan fingerprint density at radius 1 is 1.50 bits per heavy atom. The fourth-order valence-electron chi connectivity index (χ4n) is 2.01. The molecule has 8 heteroatoms. The number of nitrogen functional groups attached to an aromatic ring is 1. The highest BCUT2D eigenvalue weighted by Gasteiger charge is 2.23. The van der Waals surface area contributed by atoms with Crippen LogP contribution >= 0.6 is 0 Å². The van der Waals surface area contributed by atoms with Gasteiger partial charge in [0.25, 0.3) is 0 Å². The van der Waals surface area contributed by atoms with E-state index in [1.807, 2.05) is 4.57 Å². The molecular formula is C10H14N6O2. The number of aliphatic hydroxyl groups excluding tert-OH is 1. The van der Waals surface area contributed by atoms with Gasteiger partial charge in [-0.3, -0.25) is 9.88 Å². The van der Waals surface area contributed by atoms with E-state index in [2.05, 4.69) is 20.3 Å². The molecule has 0 saturated carbocycles. The molecule has 2 aromatic heterocycles. The first kappa shape index (κ1) is 11.3. The lowest BCUT2D eigenvalue weighted by Gasteiger charge is -2.30. The van der Waals surface area contributed by atoms with Crippen molar-refractivity contribution < 1.29 is 9.84 Å². The van der Waals surface area contributed by atoms with Crippen molar-refractivity contribution >= 4 is 17.0 Å². The van der Waals surface area contributed by atoms with Gasteiger partial charge in [0.05, 0.1) is 25.6 Å². The van der Waals surface area contributed by atoms with Crippen LogP contribution in [-0.4, -0.2) is 50.5 Å². The van der Waals surface area contributed by atoms with Crippen LogP contribution in [0.15, 0.2) is 12.7 Å². The summed E-state index contributed by atoms with van der Waals surface area (Å²) in [4.78, 5) is 12.3. The molecule has 2 aromatic rings. The SMILES string of the molecule is Nc1ncnc2c1ncn2C1CO[C@H](CO)CN1. The summed E-state index contributed by atoms with van der Waals surface area (Å²) in [6.07, 6.45) is 2.86. The molecule has 0 spiro atoms. The average Bonchev–Trinajstić information content (AvgIpc) is 2.84. The monoisotopic (exact) mass is 250 g/mol. The third-order valence-corrected chi connectivity index (χ3v) is 3.00. The van der Waals surface area contributed by atoms with Gasteiger partial charge in [0, 0.05) is 6.54 Å². The van der Waals surface area contributed by atoms with Gasteiger partial charge in [-0.1, -0.05) is 0 Å². The highest BCUT2D eigenvalue weighted by Crippen LogP contribution is 2.19. The van der Waals surface area contributed by atoms with Gasteiger partial charge in [-0.15, -0.1) is 0 Å². The molecule has 2 atom stereocenters. The van der Waals surface area contributed by atoms with E-state index in [-0.39, 0.29) is 18.9 Å². The quantitative estimate of drug-likeness (QED) is 0.619. The first-order valence-corrected chi connectivity index (χ1v) is 5.68. The summed E-state index contributed by atoms with van der Waals surface area (Å²) in [5.74, 6) is 0.365. The number of aromatic nitrogens is 4. The van der Waals surface area contributed by atoms with Crippen molar-refractivity contribution in [2.45, 2.75) is 12.3 Å². The molecule has 4 N–H and O–H groups in total. The molecule has 0 aliphatic carbocycles. The summed E-state index contributed by atoms with van der Waals surface area (Å²) in [7, 11) is 0. The van der Waals surface area contributed by atoms with Crippen LogP contribution in [0.25, 0.3) is 11.2 Å². The summed E-state index contributed by atoms with van der Waals surface area (Å²) in [6, 6.07) is 0. The smallest absolute Gasteiger partial charge is 0.166 e. The molecule has 1 aliphatic rings. The van der Waals surface area contributed by atoms with E-state index in [1.165, 1.54) is 6.33 Å². The summed E-state index contributed by atoms with van der Waals surface area (Å²) in [6.45, 7) is 1.04. The lowest BCUT2D eigenvalue weighted by molar-refractivity contribution is -0.0388. The van der Waals surface area contributed by atoms with Gasteiger partial charge in [-0.2, -0.15) is 0 Å². The number of hydrogen-bond donors (Lipinski definition) is 3. The molecule has 0 radical (unpaired) electrons. The fourth-order valence-corrected chi connectivity index (χ4v) is 2.01. The number of anilines is 1. The Bertz CT molecular complexity index is 548. The summed E-state index contributed by atoms with van der Waals surface area (Å²) in [5.41, 5.74) is 6.99. The fraction of sp³-hybridized carbons (Fsp3) is 0.500. The molecule has 0 bridgehead atoms. The van der Waals surface area contributed by atoms with Crippen LogP contribution in [0.5, 0.6) is 0 Å². The van der Waals surface area contributed by atoms with Crippen LogP contribution in [0, 0.1) is 0 Å². The van der Waals surface area contributed by atoms with E-state index >= 15 is 0 Å². The Hall–Kier alpha value is -1.77. The zero-order chi connectivity index (χ0) is 12.5. The normalized spacial score (nSPS) is 24.5. The summed E-state index contributed by atoms with van der Waals surface area (Å²) >= 11 is 0. The zero-order valence-electron chi connectivity index (χ0n) is 9.65. The Morgan fingerprint density at radius 3 is 3.11 bits per heavy atom. The lowest BCUT2D eigenvalue weighted by Crippen LogP contribution is -2.45. The van der Waals surface area contributed by atoms with Gasteiger partial charge in [-0.25, -0.2) is 15.0 Å². The van der Waals surface area contributed by atoms with Gasteiger partial charge in [0.1, 0.15) is 18.0 Å². The molecule has 0 amide bonds.